The zero-order valence-corrected chi connectivity index (χ0v) is 24.1. The minimum absolute atomic E-state index is 0. The molecule has 5 rings (SSSR count). The Morgan fingerprint density at radius 2 is 1.64 bits per heavy atom. The van der Waals surface area contributed by atoms with Crippen molar-refractivity contribution in [3.05, 3.63) is 58.7 Å². The van der Waals surface area contributed by atoms with Gasteiger partial charge in [-0.05, 0) is 51.0 Å². The molecule has 33 heavy (non-hydrogen) atoms. The Morgan fingerprint density at radius 3 is 2.36 bits per heavy atom. The predicted octanol–water partition coefficient (Wildman–Crippen LogP) is 5.40. The van der Waals surface area contributed by atoms with Gasteiger partial charge in [0, 0.05) is 24.2 Å². The third-order valence-corrected chi connectivity index (χ3v) is 9.38. The van der Waals surface area contributed by atoms with E-state index in [1.54, 1.807) is 0 Å². The Bertz CT molecular complexity index is 819. The Kier molecular flexibility index (Phi) is 7.88. The summed E-state index contributed by atoms with van der Waals surface area (Å²) in [6.07, 6.45) is 12.4. The van der Waals surface area contributed by atoms with E-state index >= 15 is 0 Å². The fourth-order valence-corrected chi connectivity index (χ4v) is 7.42. The molecule has 176 valence electrons. The minimum Gasteiger partial charge on any atom is -0.656 e. The van der Waals surface area contributed by atoms with Crippen molar-refractivity contribution in [3.63, 3.8) is 0 Å². The normalized spacial score (nSPS) is 47.3. The quantitative estimate of drug-likeness (QED) is 0.395. The van der Waals surface area contributed by atoms with Gasteiger partial charge in [-0.15, -0.1) is 30.7 Å². The zero-order chi connectivity index (χ0) is 22.6. The molecule has 8 bridgehead atoms. The predicted molar refractivity (Wildman–Crippen MR) is 135 cm³/mol. The molecule has 0 aromatic carbocycles. The summed E-state index contributed by atoms with van der Waals surface area (Å²) in [5.74, 6) is 1.67. The number of fused-ring (bicyclic) bond motifs is 8. The molecule has 0 spiro atoms. The van der Waals surface area contributed by atoms with E-state index in [2.05, 4.69) is 69.7 Å². The first-order valence-corrected chi connectivity index (χ1v) is 12.9. The number of nitrogens with one attached hydrogen (secondary N) is 2. The number of rotatable bonds is 2. The van der Waals surface area contributed by atoms with E-state index in [-0.39, 0.29) is 19.5 Å². The maximum absolute atomic E-state index is 5.40. The van der Waals surface area contributed by atoms with Gasteiger partial charge in [-0.25, -0.2) is 0 Å². The molecule has 5 heteroatoms. The van der Waals surface area contributed by atoms with Crippen molar-refractivity contribution >= 4 is 0 Å². The van der Waals surface area contributed by atoms with Gasteiger partial charge in [0.1, 0.15) is 0 Å². The standard InChI is InChI=1S/C28H42N4.Zn/c1-7-21-17(5)25-12-20-9-15(3)23(29-20)11-19-10-16(4)24(30-19)13-27-22(8-2)18(6)26(32-27)14-28(21)31-25;/h7-9,16-17,19-21,23-29,32H,1-2,10-14H2,3-6H3;/q-2;+2. The molecule has 11 unspecified atom stereocenters. The molecule has 0 saturated carbocycles. The number of nitrogens with zero attached hydrogens (tertiary/aromatic N) is 2. The second-order valence-electron chi connectivity index (χ2n) is 11.3. The smallest absolute Gasteiger partial charge is 0.656 e. The Hall–Kier alpha value is -0.577. The fraction of sp³-hybridized carbons (Fsp3) is 0.714. The van der Waals surface area contributed by atoms with Crippen molar-refractivity contribution < 1.29 is 19.5 Å². The largest absolute Gasteiger partial charge is 2.00 e. The van der Waals surface area contributed by atoms with Crippen LogP contribution in [0, 0.1) is 17.8 Å². The Labute approximate surface area is 214 Å². The van der Waals surface area contributed by atoms with E-state index in [4.69, 9.17) is 10.6 Å². The maximum Gasteiger partial charge on any atom is 2.00 e. The molecule has 0 amide bonds. The first-order valence-electron chi connectivity index (χ1n) is 12.9. The zero-order valence-electron chi connectivity index (χ0n) is 21.1. The van der Waals surface area contributed by atoms with Crippen LogP contribution in [0.1, 0.15) is 59.8 Å². The van der Waals surface area contributed by atoms with Crippen LogP contribution in [0.4, 0.5) is 0 Å². The van der Waals surface area contributed by atoms with E-state index in [0.29, 0.717) is 66.1 Å². The Morgan fingerprint density at radius 1 is 0.879 bits per heavy atom. The average Bonchev–Trinajstić information content (AvgIpc) is 3.44. The molecule has 5 heterocycles. The summed E-state index contributed by atoms with van der Waals surface area (Å²) in [6.45, 7) is 17.8. The molecule has 0 radical (unpaired) electrons. The third kappa shape index (κ3) is 4.78. The van der Waals surface area contributed by atoms with E-state index < -0.39 is 0 Å². The molecule has 0 aromatic rings. The van der Waals surface area contributed by atoms with Gasteiger partial charge in [0.15, 0.2) is 0 Å². The van der Waals surface area contributed by atoms with Crippen molar-refractivity contribution in [2.24, 2.45) is 17.8 Å². The molecule has 3 saturated heterocycles. The first-order chi connectivity index (χ1) is 15.4. The van der Waals surface area contributed by atoms with Crippen molar-refractivity contribution in [1.82, 2.24) is 10.6 Å². The summed E-state index contributed by atoms with van der Waals surface area (Å²) in [5, 5.41) is 18.7. The van der Waals surface area contributed by atoms with Gasteiger partial charge in [0.05, 0.1) is 0 Å². The van der Waals surface area contributed by atoms with Crippen LogP contribution in [-0.4, -0.2) is 48.3 Å². The molecule has 4 nitrogen and oxygen atoms in total. The summed E-state index contributed by atoms with van der Waals surface area (Å²) in [7, 11) is 0. The first kappa shape index (κ1) is 25.5. The fourth-order valence-electron chi connectivity index (χ4n) is 7.42. The van der Waals surface area contributed by atoms with E-state index in [0.717, 1.165) is 25.7 Å². The van der Waals surface area contributed by atoms with Crippen LogP contribution in [-0.2, 0) is 19.5 Å². The van der Waals surface area contributed by atoms with Gasteiger partial charge in [-0.3, -0.25) is 0 Å². The van der Waals surface area contributed by atoms with Crippen LogP contribution >= 0.6 is 0 Å². The van der Waals surface area contributed by atoms with Crippen LogP contribution in [0.25, 0.3) is 10.6 Å². The van der Waals surface area contributed by atoms with Crippen LogP contribution in [0.5, 0.6) is 0 Å². The van der Waals surface area contributed by atoms with Crippen LogP contribution in [0.3, 0.4) is 0 Å². The summed E-state index contributed by atoms with van der Waals surface area (Å²) >= 11 is 0. The molecule has 5 aliphatic heterocycles. The molecular formula is C28H42N4Zn. The van der Waals surface area contributed by atoms with Crippen molar-refractivity contribution in [3.8, 4) is 0 Å². The van der Waals surface area contributed by atoms with E-state index in [9.17, 15) is 0 Å². The van der Waals surface area contributed by atoms with Crippen molar-refractivity contribution in [2.45, 2.75) is 108 Å². The van der Waals surface area contributed by atoms with Gasteiger partial charge >= 0.3 is 19.5 Å². The third-order valence-electron chi connectivity index (χ3n) is 9.38. The molecule has 0 aliphatic carbocycles. The molecule has 5 aliphatic rings. The summed E-state index contributed by atoms with van der Waals surface area (Å²) in [5.41, 5.74) is 4.37. The molecule has 11 atom stereocenters. The van der Waals surface area contributed by atoms with Crippen LogP contribution in [0.2, 0.25) is 0 Å². The summed E-state index contributed by atoms with van der Waals surface area (Å²) in [6, 6.07) is 3.31. The molecular weight excluding hydrogens is 458 g/mol. The van der Waals surface area contributed by atoms with Crippen molar-refractivity contribution in [1.29, 1.82) is 0 Å². The van der Waals surface area contributed by atoms with Gasteiger partial charge in [0.25, 0.3) is 0 Å². The second kappa shape index (κ2) is 10.2. The minimum atomic E-state index is 0. The number of hydrogen-bond donors (Lipinski definition) is 2. The van der Waals surface area contributed by atoms with Crippen LogP contribution < -0.4 is 10.6 Å². The van der Waals surface area contributed by atoms with Gasteiger partial charge < -0.3 is 21.3 Å². The second-order valence-corrected chi connectivity index (χ2v) is 11.3. The summed E-state index contributed by atoms with van der Waals surface area (Å²) in [4.78, 5) is 0. The van der Waals surface area contributed by atoms with Crippen molar-refractivity contribution in [2.75, 3.05) is 0 Å². The monoisotopic (exact) mass is 498 g/mol. The molecule has 0 aromatic heterocycles. The van der Waals surface area contributed by atoms with Gasteiger partial charge in [0.2, 0.25) is 0 Å². The summed E-state index contributed by atoms with van der Waals surface area (Å²) < 4.78 is 0. The average molecular weight is 500 g/mol. The SMILES string of the molecule is C=CC1=C(C)C2CC3[N-]C(CC4C=C(C)C(CC5CC(C)C(CC1N2)[N-]5)N4)C(C)C3C=C.[Zn+2]. The van der Waals surface area contributed by atoms with E-state index in [1.807, 2.05) is 0 Å². The van der Waals surface area contributed by atoms with Gasteiger partial charge in [-0.2, -0.15) is 0 Å². The van der Waals surface area contributed by atoms with E-state index in [1.165, 1.54) is 23.1 Å². The number of hydrogen-bond acceptors (Lipinski definition) is 2. The maximum atomic E-state index is 5.40. The molecule has 2 N–H and O–H groups in total. The topological polar surface area (TPSA) is 52.3 Å². The Balaban J connectivity index is 0.00000259. The molecule has 3 fully saturated rings. The van der Waals surface area contributed by atoms with Gasteiger partial charge in [-0.1, -0.05) is 68.1 Å². The van der Waals surface area contributed by atoms with Crippen LogP contribution in [0.15, 0.2) is 48.1 Å².